The van der Waals surface area contributed by atoms with E-state index in [1.165, 1.54) is 0 Å². The summed E-state index contributed by atoms with van der Waals surface area (Å²) in [5, 5.41) is 0. The maximum Gasteiger partial charge on any atom is 0.256 e. The third-order valence-corrected chi connectivity index (χ3v) is 3.56. The predicted octanol–water partition coefficient (Wildman–Crippen LogP) is 3.00. The van der Waals surface area contributed by atoms with Crippen LogP contribution in [0.25, 0.3) is 0 Å². The molecule has 1 aliphatic heterocycles. The lowest BCUT2D eigenvalue weighted by Gasteiger charge is -2.15. The summed E-state index contributed by atoms with van der Waals surface area (Å²) < 4.78 is 1.05. The van der Waals surface area contributed by atoms with Crippen molar-refractivity contribution in [1.82, 2.24) is 9.88 Å². The van der Waals surface area contributed by atoms with Crippen LogP contribution in [0.15, 0.2) is 47.1 Å². The van der Waals surface area contributed by atoms with E-state index < -0.39 is 0 Å². The molecule has 0 aliphatic carbocycles. The fraction of sp³-hybridized carbons (Fsp3) is 0.143. The average molecular weight is 303 g/mol. The minimum atomic E-state index is 0.0704. The Morgan fingerprint density at radius 1 is 1.22 bits per heavy atom. The molecule has 0 N–H and O–H groups in total. The van der Waals surface area contributed by atoms with Gasteiger partial charge in [-0.15, -0.1) is 0 Å². The highest BCUT2D eigenvalue weighted by Crippen LogP contribution is 2.22. The Bertz CT molecular complexity index is 595. The molecule has 3 nitrogen and oxygen atoms in total. The Labute approximate surface area is 114 Å². The Hall–Kier alpha value is -1.68. The van der Waals surface area contributed by atoms with Crippen LogP contribution in [0.4, 0.5) is 0 Å². The molecule has 90 valence electrons. The molecule has 0 fully saturated rings. The average Bonchev–Trinajstić information content (AvgIpc) is 2.70. The second-order valence-corrected chi connectivity index (χ2v) is 5.20. The smallest absolute Gasteiger partial charge is 0.256 e. The summed E-state index contributed by atoms with van der Waals surface area (Å²) in [7, 11) is 0. The largest absolute Gasteiger partial charge is 0.328 e. The first kappa shape index (κ1) is 11.4. The summed E-state index contributed by atoms with van der Waals surface area (Å²) in [6.07, 6.45) is 1.73. The minimum absolute atomic E-state index is 0.0704. The summed E-state index contributed by atoms with van der Waals surface area (Å²) in [5.74, 6) is 0.0704. The third-order valence-electron chi connectivity index (χ3n) is 3.04. The van der Waals surface area contributed by atoms with Gasteiger partial charge in [-0.05, 0) is 29.8 Å². The lowest BCUT2D eigenvalue weighted by molar-refractivity contribution is 0.0766. The van der Waals surface area contributed by atoms with E-state index in [-0.39, 0.29) is 5.91 Å². The molecule has 4 heteroatoms. The lowest BCUT2D eigenvalue weighted by Crippen LogP contribution is -2.23. The molecule has 0 unspecified atom stereocenters. The van der Waals surface area contributed by atoms with Gasteiger partial charge < -0.3 is 4.90 Å². The number of nitrogens with zero attached hydrogens (tertiary/aromatic N) is 2. The van der Waals surface area contributed by atoms with Gasteiger partial charge in [0.2, 0.25) is 0 Å². The number of benzene rings is 1. The quantitative estimate of drug-likeness (QED) is 0.854. The van der Waals surface area contributed by atoms with Crippen LogP contribution in [0.1, 0.15) is 21.6 Å². The number of halogens is 1. The number of fused-ring (bicyclic) bond motifs is 1. The topological polar surface area (TPSA) is 33.2 Å². The van der Waals surface area contributed by atoms with Crippen LogP contribution in [0.5, 0.6) is 0 Å². The van der Waals surface area contributed by atoms with Crippen molar-refractivity contribution in [2.75, 3.05) is 0 Å². The van der Waals surface area contributed by atoms with Crippen molar-refractivity contribution in [2.24, 2.45) is 0 Å². The molecule has 3 rings (SSSR count). The number of pyridine rings is 1. The molecule has 0 spiro atoms. The summed E-state index contributed by atoms with van der Waals surface area (Å²) in [4.78, 5) is 18.2. The van der Waals surface area contributed by atoms with Crippen molar-refractivity contribution < 1.29 is 4.79 Å². The second kappa shape index (κ2) is 4.53. The lowest BCUT2D eigenvalue weighted by atomic mass is 10.2. The van der Waals surface area contributed by atoms with Crippen molar-refractivity contribution in [1.29, 1.82) is 0 Å². The standard InChI is InChI=1S/C14H11BrN2O/c15-11-5-3-10(4-6-11)8-17-9-13-12(14(17)18)2-1-7-16-13/h1-7H,8-9H2. The molecular weight excluding hydrogens is 292 g/mol. The Morgan fingerprint density at radius 2 is 2.00 bits per heavy atom. The van der Waals surface area contributed by atoms with Crippen LogP contribution < -0.4 is 0 Å². The molecule has 1 amide bonds. The number of carbonyl (C=O) groups is 1. The number of hydrogen-bond donors (Lipinski definition) is 0. The number of carbonyl (C=O) groups excluding carboxylic acids is 1. The molecule has 0 atom stereocenters. The van der Waals surface area contributed by atoms with Crippen LogP contribution in [0.3, 0.4) is 0 Å². The van der Waals surface area contributed by atoms with Gasteiger partial charge in [-0.25, -0.2) is 0 Å². The molecule has 0 saturated heterocycles. The van der Waals surface area contributed by atoms with Crippen molar-refractivity contribution in [3.63, 3.8) is 0 Å². The van der Waals surface area contributed by atoms with Gasteiger partial charge in [-0.1, -0.05) is 28.1 Å². The maximum absolute atomic E-state index is 12.1. The molecule has 0 saturated carbocycles. The van der Waals surface area contributed by atoms with Crippen molar-refractivity contribution in [3.8, 4) is 0 Å². The molecule has 1 aromatic heterocycles. The SMILES string of the molecule is O=C1c2cccnc2CN1Cc1ccc(Br)cc1. The predicted molar refractivity (Wildman–Crippen MR) is 72.0 cm³/mol. The minimum Gasteiger partial charge on any atom is -0.328 e. The third kappa shape index (κ3) is 2.04. The van der Waals surface area contributed by atoms with Gasteiger partial charge in [0.1, 0.15) is 0 Å². The Balaban J connectivity index is 1.81. The zero-order chi connectivity index (χ0) is 12.5. The van der Waals surface area contributed by atoms with E-state index in [0.717, 1.165) is 21.3 Å². The van der Waals surface area contributed by atoms with Crippen LogP contribution in [-0.4, -0.2) is 15.8 Å². The van der Waals surface area contributed by atoms with E-state index >= 15 is 0 Å². The molecule has 2 heterocycles. The van der Waals surface area contributed by atoms with Crippen LogP contribution in [0.2, 0.25) is 0 Å². The van der Waals surface area contributed by atoms with E-state index in [4.69, 9.17) is 0 Å². The first-order valence-electron chi connectivity index (χ1n) is 5.71. The fourth-order valence-corrected chi connectivity index (χ4v) is 2.38. The normalized spacial score (nSPS) is 13.8. The molecular formula is C14H11BrN2O. The van der Waals surface area contributed by atoms with Crippen LogP contribution in [0, 0.1) is 0 Å². The van der Waals surface area contributed by atoms with Gasteiger partial charge in [0, 0.05) is 17.2 Å². The van der Waals surface area contributed by atoms with E-state index in [1.54, 1.807) is 12.3 Å². The number of amides is 1. The highest BCUT2D eigenvalue weighted by atomic mass is 79.9. The van der Waals surface area contributed by atoms with E-state index in [0.29, 0.717) is 13.1 Å². The first-order chi connectivity index (χ1) is 8.74. The van der Waals surface area contributed by atoms with Gasteiger partial charge in [0.05, 0.1) is 17.8 Å². The zero-order valence-corrected chi connectivity index (χ0v) is 11.2. The van der Waals surface area contributed by atoms with Gasteiger partial charge in [-0.3, -0.25) is 9.78 Å². The zero-order valence-electron chi connectivity index (χ0n) is 9.64. The number of hydrogen-bond acceptors (Lipinski definition) is 2. The molecule has 0 bridgehead atoms. The number of rotatable bonds is 2. The van der Waals surface area contributed by atoms with E-state index in [2.05, 4.69) is 20.9 Å². The van der Waals surface area contributed by atoms with Crippen molar-refractivity contribution >= 4 is 21.8 Å². The molecule has 1 aliphatic rings. The van der Waals surface area contributed by atoms with E-state index in [1.807, 2.05) is 35.2 Å². The monoisotopic (exact) mass is 302 g/mol. The molecule has 2 aromatic rings. The summed E-state index contributed by atoms with van der Waals surface area (Å²) >= 11 is 3.40. The maximum atomic E-state index is 12.1. The summed E-state index contributed by atoms with van der Waals surface area (Å²) in [6.45, 7) is 1.23. The van der Waals surface area contributed by atoms with E-state index in [9.17, 15) is 4.79 Å². The van der Waals surface area contributed by atoms with Gasteiger partial charge in [0.15, 0.2) is 0 Å². The van der Waals surface area contributed by atoms with Gasteiger partial charge in [0.25, 0.3) is 5.91 Å². The first-order valence-corrected chi connectivity index (χ1v) is 6.51. The highest BCUT2D eigenvalue weighted by Gasteiger charge is 2.27. The second-order valence-electron chi connectivity index (χ2n) is 4.29. The number of aromatic nitrogens is 1. The highest BCUT2D eigenvalue weighted by molar-refractivity contribution is 9.10. The summed E-state index contributed by atoms with van der Waals surface area (Å²) in [6, 6.07) is 11.7. The van der Waals surface area contributed by atoms with Gasteiger partial charge >= 0.3 is 0 Å². The molecule has 18 heavy (non-hydrogen) atoms. The Morgan fingerprint density at radius 3 is 2.72 bits per heavy atom. The van der Waals surface area contributed by atoms with Crippen molar-refractivity contribution in [3.05, 3.63) is 63.9 Å². The summed E-state index contributed by atoms with van der Waals surface area (Å²) in [5.41, 5.74) is 2.73. The van der Waals surface area contributed by atoms with Crippen LogP contribution in [-0.2, 0) is 13.1 Å². The molecule has 0 radical (unpaired) electrons. The van der Waals surface area contributed by atoms with Crippen molar-refractivity contribution in [2.45, 2.75) is 13.1 Å². The molecule has 1 aromatic carbocycles. The fourth-order valence-electron chi connectivity index (χ4n) is 2.12. The van der Waals surface area contributed by atoms with Crippen LogP contribution >= 0.6 is 15.9 Å². The van der Waals surface area contributed by atoms with Gasteiger partial charge in [-0.2, -0.15) is 0 Å². The Kier molecular flexibility index (Phi) is 2.88.